The van der Waals surface area contributed by atoms with Crippen LogP contribution in [-0.4, -0.2) is 15.6 Å². The van der Waals surface area contributed by atoms with Crippen molar-refractivity contribution < 1.29 is 0 Å². The van der Waals surface area contributed by atoms with Gasteiger partial charge in [-0.2, -0.15) is 0 Å². The van der Waals surface area contributed by atoms with Gasteiger partial charge in [-0.1, -0.05) is 40.5 Å². The number of hydrogen-bond acceptors (Lipinski definition) is 2. The molecule has 0 amide bonds. The van der Waals surface area contributed by atoms with Crippen LogP contribution in [0.5, 0.6) is 0 Å². The second kappa shape index (κ2) is 3.75. The molecule has 100 valence electrons. The molecule has 2 aliphatic carbocycles. The van der Waals surface area contributed by atoms with Crippen LogP contribution in [0.15, 0.2) is 12.4 Å². The molecular weight excluding hydrogens is 222 g/mol. The number of aromatic nitrogens is 2. The molecule has 3 nitrogen and oxygen atoms in total. The average Bonchev–Trinajstić information content (AvgIpc) is 2.86. The Labute approximate surface area is 110 Å². The first-order valence-electron chi connectivity index (χ1n) is 7.24. The summed E-state index contributed by atoms with van der Waals surface area (Å²) in [6.07, 6.45) is 9.42. The summed E-state index contributed by atoms with van der Waals surface area (Å²) in [6.45, 7) is 9.36. The van der Waals surface area contributed by atoms with E-state index in [-0.39, 0.29) is 0 Å². The van der Waals surface area contributed by atoms with Crippen molar-refractivity contribution in [2.75, 3.05) is 5.32 Å². The summed E-state index contributed by atoms with van der Waals surface area (Å²) in [5, 5.41) is 3.67. The van der Waals surface area contributed by atoms with Gasteiger partial charge >= 0.3 is 0 Å². The smallest absolute Gasteiger partial charge is 0.203 e. The van der Waals surface area contributed by atoms with Crippen LogP contribution in [0.25, 0.3) is 0 Å². The highest BCUT2D eigenvalue weighted by Crippen LogP contribution is 2.63. The summed E-state index contributed by atoms with van der Waals surface area (Å²) in [5.41, 5.74) is 0.721. The van der Waals surface area contributed by atoms with Crippen LogP contribution in [-0.2, 0) is 0 Å². The van der Waals surface area contributed by atoms with Gasteiger partial charge in [-0.15, -0.1) is 0 Å². The SMILES string of the molecule is CC1(C)C(Nc2nccn2C2CCCC2)C1(C)C. The number of rotatable bonds is 3. The van der Waals surface area contributed by atoms with Crippen molar-refractivity contribution in [3.8, 4) is 0 Å². The molecule has 0 spiro atoms. The molecule has 0 aliphatic heterocycles. The predicted octanol–water partition coefficient (Wildman–Crippen LogP) is 3.84. The van der Waals surface area contributed by atoms with Gasteiger partial charge in [0.1, 0.15) is 0 Å². The second-order valence-electron chi connectivity index (χ2n) is 7.12. The Morgan fingerprint density at radius 1 is 1.17 bits per heavy atom. The number of nitrogens with zero attached hydrogens (tertiary/aromatic N) is 2. The standard InChI is InChI=1S/C15H25N3/c1-14(2)12(15(14,3)4)17-13-16-9-10-18(13)11-7-5-6-8-11/h9-12H,5-8H2,1-4H3,(H,16,17). The molecule has 2 saturated carbocycles. The van der Waals surface area contributed by atoms with Crippen LogP contribution in [0.4, 0.5) is 5.95 Å². The summed E-state index contributed by atoms with van der Waals surface area (Å²) in [6, 6.07) is 1.20. The largest absolute Gasteiger partial charge is 0.352 e. The van der Waals surface area contributed by atoms with Crippen molar-refractivity contribution in [2.45, 2.75) is 65.5 Å². The molecule has 18 heavy (non-hydrogen) atoms. The Hall–Kier alpha value is -0.990. The van der Waals surface area contributed by atoms with Crippen molar-refractivity contribution in [3.05, 3.63) is 12.4 Å². The van der Waals surface area contributed by atoms with Crippen LogP contribution in [0.2, 0.25) is 0 Å². The molecule has 3 heteroatoms. The molecule has 0 bridgehead atoms. The number of hydrogen-bond donors (Lipinski definition) is 1. The monoisotopic (exact) mass is 247 g/mol. The van der Waals surface area contributed by atoms with E-state index < -0.39 is 0 Å². The molecule has 3 rings (SSSR count). The molecule has 0 atom stereocenters. The Bertz CT molecular complexity index is 424. The van der Waals surface area contributed by atoms with E-state index in [2.05, 4.69) is 48.8 Å². The van der Waals surface area contributed by atoms with E-state index in [1.807, 2.05) is 6.20 Å². The lowest BCUT2D eigenvalue weighted by Crippen LogP contribution is -2.16. The van der Waals surface area contributed by atoms with E-state index in [0.717, 1.165) is 5.95 Å². The Balaban J connectivity index is 1.77. The lowest BCUT2D eigenvalue weighted by Gasteiger charge is -2.16. The molecule has 0 unspecified atom stereocenters. The summed E-state index contributed by atoms with van der Waals surface area (Å²) in [5.74, 6) is 1.07. The maximum Gasteiger partial charge on any atom is 0.203 e. The first kappa shape index (κ1) is 12.1. The molecule has 2 aliphatic rings. The van der Waals surface area contributed by atoms with Gasteiger partial charge in [0.15, 0.2) is 0 Å². The molecule has 0 radical (unpaired) electrons. The van der Waals surface area contributed by atoms with E-state index >= 15 is 0 Å². The topological polar surface area (TPSA) is 29.9 Å². The molecule has 0 saturated heterocycles. The minimum atomic E-state index is 0.361. The van der Waals surface area contributed by atoms with Crippen LogP contribution >= 0.6 is 0 Å². The fraction of sp³-hybridized carbons (Fsp3) is 0.800. The lowest BCUT2D eigenvalue weighted by atomic mass is 10.0. The van der Waals surface area contributed by atoms with Gasteiger partial charge in [-0.25, -0.2) is 4.98 Å². The zero-order valence-electron chi connectivity index (χ0n) is 12.0. The summed E-state index contributed by atoms with van der Waals surface area (Å²) in [4.78, 5) is 4.52. The number of imidazole rings is 1. The van der Waals surface area contributed by atoms with Gasteiger partial charge in [0.25, 0.3) is 0 Å². The van der Waals surface area contributed by atoms with Crippen LogP contribution in [0.3, 0.4) is 0 Å². The maximum atomic E-state index is 4.52. The molecule has 1 N–H and O–H groups in total. The third-order valence-electron chi connectivity index (χ3n) is 5.68. The molecule has 2 fully saturated rings. The van der Waals surface area contributed by atoms with Crippen LogP contribution in [0, 0.1) is 10.8 Å². The third kappa shape index (κ3) is 1.59. The Kier molecular flexibility index (Phi) is 2.51. The minimum absolute atomic E-state index is 0.361. The van der Waals surface area contributed by atoms with Gasteiger partial charge in [0.2, 0.25) is 5.95 Å². The third-order valence-corrected chi connectivity index (χ3v) is 5.68. The zero-order chi connectivity index (χ0) is 13.0. The van der Waals surface area contributed by atoms with Crippen molar-refractivity contribution in [2.24, 2.45) is 10.8 Å². The first-order chi connectivity index (χ1) is 8.44. The predicted molar refractivity (Wildman–Crippen MR) is 74.7 cm³/mol. The highest BCUT2D eigenvalue weighted by atomic mass is 15.2. The average molecular weight is 247 g/mol. The minimum Gasteiger partial charge on any atom is -0.352 e. The summed E-state index contributed by atoms with van der Waals surface area (Å²) in [7, 11) is 0. The van der Waals surface area contributed by atoms with Gasteiger partial charge in [0.05, 0.1) is 0 Å². The molecule has 1 aromatic heterocycles. The number of nitrogens with one attached hydrogen (secondary N) is 1. The lowest BCUT2D eigenvalue weighted by molar-refractivity contribution is 0.457. The van der Waals surface area contributed by atoms with Crippen LogP contribution < -0.4 is 5.32 Å². The quantitative estimate of drug-likeness (QED) is 0.879. The van der Waals surface area contributed by atoms with Crippen molar-refractivity contribution in [1.29, 1.82) is 0 Å². The highest BCUT2D eigenvalue weighted by Gasteiger charge is 2.65. The van der Waals surface area contributed by atoms with Gasteiger partial charge in [0, 0.05) is 24.5 Å². The van der Waals surface area contributed by atoms with Gasteiger partial charge in [-0.3, -0.25) is 0 Å². The van der Waals surface area contributed by atoms with Crippen molar-refractivity contribution >= 4 is 5.95 Å². The zero-order valence-corrected chi connectivity index (χ0v) is 12.0. The summed E-state index contributed by atoms with van der Waals surface area (Å²) < 4.78 is 2.36. The van der Waals surface area contributed by atoms with Crippen molar-refractivity contribution in [3.63, 3.8) is 0 Å². The summed E-state index contributed by atoms with van der Waals surface area (Å²) >= 11 is 0. The second-order valence-corrected chi connectivity index (χ2v) is 7.12. The number of anilines is 1. The molecular formula is C15H25N3. The van der Waals surface area contributed by atoms with Gasteiger partial charge < -0.3 is 9.88 Å². The fourth-order valence-corrected chi connectivity index (χ4v) is 3.59. The van der Waals surface area contributed by atoms with E-state index in [1.54, 1.807) is 0 Å². The van der Waals surface area contributed by atoms with Crippen LogP contribution in [0.1, 0.15) is 59.4 Å². The molecule has 1 heterocycles. The normalized spacial score (nSPS) is 26.4. The molecule has 1 aromatic rings. The van der Waals surface area contributed by atoms with Crippen molar-refractivity contribution in [1.82, 2.24) is 9.55 Å². The Morgan fingerprint density at radius 2 is 1.78 bits per heavy atom. The first-order valence-corrected chi connectivity index (χ1v) is 7.24. The van der Waals surface area contributed by atoms with E-state index in [4.69, 9.17) is 0 Å². The van der Waals surface area contributed by atoms with E-state index in [9.17, 15) is 0 Å². The fourth-order valence-electron chi connectivity index (χ4n) is 3.59. The Morgan fingerprint density at radius 3 is 2.33 bits per heavy atom. The highest BCUT2D eigenvalue weighted by molar-refractivity contribution is 5.37. The van der Waals surface area contributed by atoms with E-state index in [0.29, 0.717) is 22.9 Å². The van der Waals surface area contributed by atoms with E-state index in [1.165, 1.54) is 25.7 Å². The van der Waals surface area contributed by atoms with Gasteiger partial charge in [-0.05, 0) is 23.7 Å². The molecule has 0 aromatic carbocycles. The maximum absolute atomic E-state index is 4.52.